The lowest BCUT2D eigenvalue weighted by Gasteiger charge is -2.16. The van der Waals surface area contributed by atoms with Crippen LogP contribution in [0, 0.1) is 13.8 Å². The zero-order valence-electron chi connectivity index (χ0n) is 14.2. The Morgan fingerprint density at radius 1 is 1.24 bits per heavy atom. The summed E-state index contributed by atoms with van der Waals surface area (Å²) in [5.41, 5.74) is 3.35. The number of aliphatic hydroxyl groups is 1. The fourth-order valence-corrected chi connectivity index (χ4v) is 2.74. The number of carbonyl (C=O) groups is 1. The van der Waals surface area contributed by atoms with E-state index in [4.69, 9.17) is 4.74 Å². The van der Waals surface area contributed by atoms with Gasteiger partial charge in [0.2, 0.25) is 0 Å². The summed E-state index contributed by atoms with van der Waals surface area (Å²) in [6.45, 7) is 4.14. The van der Waals surface area contributed by atoms with Crippen LogP contribution in [-0.2, 0) is 0 Å². The molecule has 25 heavy (non-hydrogen) atoms. The van der Waals surface area contributed by atoms with Gasteiger partial charge in [-0.05, 0) is 37.1 Å². The average molecular weight is 339 g/mol. The smallest absolute Gasteiger partial charge is 0.252 e. The first-order valence-electron chi connectivity index (χ1n) is 8.13. The predicted molar refractivity (Wildman–Crippen MR) is 95.8 cm³/mol. The molecule has 130 valence electrons. The van der Waals surface area contributed by atoms with Crippen molar-refractivity contribution in [1.29, 1.82) is 0 Å². The number of nitrogens with one attached hydrogen (secondary N) is 2. The van der Waals surface area contributed by atoms with E-state index in [1.807, 2.05) is 38.1 Å². The SMILES string of the molecule is Cc1cccc(C)c1OCC(O)CNC(=O)c1cccc2[nH]ncc12. The monoisotopic (exact) mass is 339 g/mol. The van der Waals surface area contributed by atoms with Crippen LogP contribution in [-0.4, -0.2) is 40.5 Å². The lowest BCUT2D eigenvalue weighted by molar-refractivity contribution is 0.0843. The van der Waals surface area contributed by atoms with Crippen LogP contribution in [0.25, 0.3) is 10.9 Å². The second-order valence-electron chi connectivity index (χ2n) is 6.03. The molecule has 6 heteroatoms. The zero-order chi connectivity index (χ0) is 17.8. The van der Waals surface area contributed by atoms with E-state index in [1.165, 1.54) is 0 Å². The summed E-state index contributed by atoms with van der Waals surface area (Å²) in [6, 6.07) is 11.3. The van der Waals surface area contributed by atoms with Gasteiger partial charge in [0.25, 0.3) is 5.91 Å². The minimum absolute atomic E-state index is 0.109. The number of ether oxygens (including phenoxy) is 1. The Balaban J connectivity index is 1.56. The highest BCUT2D eigenvalue weighted by atomic mass is 16.5. The summed E-state index contributed by atoms with van der Waals surface area (Å²) in [7, 11) is 0. The first-order valence-corrected chi connectivity index (χ1v) is 8.13. The van der Waals surface area contributed by atoms with Gasteiger partial charge in [0, 0.05) is 11.9 Å². The van der Waals surface area contributed by atoms with Gasteiger partial charge < -0.3 is 15.2 Å². The molecule has 0 aliphatic rings. The van der Waals surface area contributed by atoms with E-state index in [0.29, 0.717) is 5.56 Å². The number of hydrogen-bond acceptors (Lipinski definition) is 4. The number of H-pyrrole nitrogens is 1. The average Bonchev–Trinajstić information content (AvgIpc) is 3.08. The lowest BCUT2D eigenvalue weighted by atomic mass is 10.1. The molecule has 1 aromatic heterocycles. The van der Waals surface area contributed by atoms with E-state index in [9.17, 15) is 9.90 Å². The third-order valence-electron chi connectivity index (χ3n) is 4.06. The van der Waals surface area contributed by atoms with Gasteiger partial charge in [-0.15, -0.1) is 0 Å². The molecule has 3 rings (SSSR count). The number of fused-ring (bicyclic) bond motifs is 1. The van der Waals surface area contributed by atoms with E-state index in [-0.39, 0.29) is 19.1 Å². The van der Waals surface area contributed by atoms with Crippen LogP contribution >= 0.6 is 0 Å². The quantitative estimate of drug-likeness (QED) is 0.643. The third kappa shape index (κ3) is 3.80. The highest BCUT2D eigenvalue weighted by Gasteiger charge is 2.14. The Labute approximate surface area is 145 Å². The highest BCUT2D eigenvalue weighted by molar-refractivity contribution is 6.06. The van der Waals surface area contributed by atoms with Gasteiger partial charge in [-0.25, -0.2) is 0 Å². The number of benzene rings is 2. The van der Waals surface area contributed by atoms with E-state index < -0.39 is 6.10 Å². The number of amides is 1. The second kappa shape index (κ2) is 7.36. The van der Waals surface area contributed by atoms with Gasteiger partial charge in [0.05, 0.1) is 17.3 Å². The van der Waals surface area contributed by atoms with E-state index in [0.717, 1.165) is 27.8 Å². The first-order chi connectivity index (χ1) is 12.1. The lowest BCUT2D eigenvalue weighted by Crippen LogP contribution is -2.35. The molecule has 0 aliphatic heterocycles. The number of aromatic nitrogens is 2. The Morgan fingerprint density at radius 2 is 1.96 bits per heavy atom. The maximum absolute atomic E-state index is 12.3. The van der Waals surface area contributed by atoms with Crippen molar-refractivity contribution in [2.24, 2.45) is 0 Å². The molecule has 0 spiro atoms. The molecule has 0 radical (unpaired) electrons. The number of nitrogens with zero attached hydrogens (tertiary/aromatic N) is 1. The molecule has 6 nitrogen and oxygen atoms in total. The minimum atomic E-state index is -0.800. The molecule has 1 amide bonds. The van der Waals surface area contributed by atoms with Crippen LogP contribution < -0.4 is 10.1 Å². The summed E-state index contributed by atoms with van der Waals surface area (Å²) in [5.74, 6) is 0.522. The molecule has 3 N–H and O–H groups in total. The number of carbonyl (C=O) groups excluding carboxylic acids is 1. The number of aryl methyl sites for hydroxylation is 2. The minimum Gasteiger partial charge on any atom is -0.490 e. The number of hydrogen-bond donors (Lipinski definition) is 3. The Hall–Kier alpha value is -2.86. The van der Waals surface area contributed by atoms with Crippen LogP contribution in [0.1, 0.15) is 21.5 Å². The molecule has 1 unspecified atom stereocenters. The Bertz CT molecular complexity index is 868. The van der Waals surface area contributed by atoms with Crippen LogP contribution in [0.5, 0.6) is 5.75 Å². The largest absolute Gasteiger partial charge is 0.490 e. The Kier molecular flexibility index (Phi) is 5.00. The maximum atomic E-state index is 12.3. The van der Waals surface area contributed by atoms with Crippen molar-refractivity contribution in [3.8, 4) is 5.75 Å². The molecule has 2 aromatic carbocycles. The normalized spacial score (nSPS) is 12.1. The van der Waals surface area contributed by atoms with E-state index in [2.05, 4.69) is 15.5 Å². The van der Waals surface area contributed by atoms with Gasteiger partial charge in [0.15, 0.2) is 0 Å². The number of aliphatic hydroxyl groups excluding tert-OH is 1. The summed E-state index contributed by atoms with van der Waals surface area (Å²) < 4.78 is 5.71. The van der Waals surface area contributed by atoms with E-state index >= 15 is 0 Å². The topological polar surface area (TPSA) is 87.2 Å². The number of para-hydroxylation sites is 1. The van der Waals surface area contributed by atoms with Crippen molar-refractivity contribution in [3.63, 3.8) is 0 Å². The fraction of sp³-hybridized carbons (Fsp3) is 0.263. The first kappa shape index (κ1) is 17.0. The van der Waals surface area contributed by atoms with Crippen LogP contribution in [0.15, 0.2) is 42.6 Å². The van der Waals surface area contributed by atoms with E-state index in [1.54, 1.807) is 18.3 Å². The molecular weight excluding hydrogens is 318 g/mol. The third-order valence-corrected chi connectivity index (χ3v) is 4.06. The highest BCUT2D eigenvalue weighted by Crippen LogP contribution is 2.22. The molecule has 0 fully saturated rings. The predicted octanol–water partition coefficient (Wildman–Crippen LogP) is 2.35. The van der Waals surface area contributed by atoms with Crippen LogP contribution in [0.3, 0.4) is 0 Å². The van der Waals surface area contributed by atoms with Crippen molar-refractivity contribution < 1.29 is 14.6 Å². The standard InChI is InChI=1S/C19H21N3O3/c1-12-5-3-6-13(2)18(12)25-11-14(23)9-20-19(24)15-7-4-8-17-16(15)10-21-22-17/h3-8,10,14,23H,9,11H2,1-2H3,(H,20,24)(H,21,22). The zero-order valence-corrected chi connectivity index (χ0v) is 14.2. The van der Waals surface area contributed by atoms with Gasteiger partial charge in [0.1, 0.15) is 18.5 Å². The van der Waals surface area contributed by atoms with Gasteiger partial charge >= 0.3 is 0 Å². The Morgan fingerprint density at radius 3 is 2.72 bits per heavy atom. The number of rotatable bonds is 6. The molecule has 1 heterocycles. The van der Waals surface area contributed by atoms with Crippen molar-refractivity contribution in [2.75, 3.05) is 13.2 Å². The van der Waals surface area contributed by atoms with Crippen molar-refractivity contribution in [1.82, 2.24) is 15.5 Å². The van der Waals surface area contributed by atoms with Gasteiger partial charge in [-0.3, -0.25) is 9.89 Å². The van der Waals surface area contributed by atoms with Crippen LogP contribution in [0.2, 0.25) is 0 Å². The maximum Gasteiger partial charge on any atom is 0.252 e. The molecule has 1 atom stereocenters. The molecular formula is C19H21N3O3. The fourth-order valence-electron chi connectivity index (χ4n) is 2.74. The summed E-state index contributed by atoms with van der Waals surface area (Å²) in [4.78, 5) is 12.3. The molecule has 3 aromatic rings. The summed E-state index contributed by atoms with van der Waals surface area (Å²) in [5, 5.41) is 20.4. The molecule has 0 saturated carbocycles. The number of aromatic amines is 1. The van der Waals surface area contributed by atoms with Gasteiger partial charge in [-0.2, -0.15) is 5.10 Å². The summed E-state index contributed by atoms with van der Waals surface area (Å²) >= 11 is 0. The van der Waals surface area contributed by atoms with Crippen molar-refractivity contribution in [2.45, 2.75) is 20.0 Å². The van der Waals surface area contributed by atoms with Crippen LogP contribution in [0.4, 0.5) is 0 Å². The molecule has 0 saturated heterocycles. The van der Waals surface area contributed by atoms with Gasteiger partial charge in [-0.1, -0.05) is 24.3 Å². The van der Waals surface area contributed by atoms with Crippen molar-refractivity contribution in [3.05, 3.63) is 59.3 Å². The summed E-state index contributed by atoms with van der Waals surface area (Å²) in [6.07, 6.45) is 0.816. The molecule has 0 bridgehead atoms. The molecule has 0 aliphatic carbocycles. The van der Waals surface area contributed by atoms with Crippen molar-refractivity contribution >= 4 is 16.8 Å². The second-order valence-corrected chi connectivity index (χ2v) is 6.03.